The molecule has 0 saturated heterocycles. The Balaban J connectivity index is 1.59. The van der Waals surface area contributed by atoms with Crippen molar-refractivity contribution in [2.24, 2.45) is 12.0 Å². The second-order valence-electron chi connectivity index (χ2n) is 7.40. The lowest BCUT2D eigenvalue weighted by atomic mass is 10.1. The molecular formula is C24H32N6O. The van der Waals surface area contributed by atoms with Crippen molar-refractivity contribution in [1.29, 1.82) is 0 Å². The van der Waals surface area contributed by atoms with Crippen LogP contribution in [0, 0.1) is 6.92 Å². The van der Waals surface area contributed by atoms with E-state index < -0.39 is 0 Å². The van der Waals surface area contributed by atoms with Crippen molar-refractivity contribution in [3.8, 4) is 5.75 Å². The minimum absolute atomic E-state index is 0.554. The van der Waals surface area contributed by atoms with E-state index in [9.17, 15) is 0 Å². The summed E-state index contributed by atoms with van der Waals surface area (Å²) < 4.78 is 7.72. The van der Waals surface area contributed by atoms with Crippen LogP contribution in [0.1, 0.15) is 36.1 Å². The highest BCUT2D eigenvalue weighted by Crippen LogP contribution is 2.13. The SMILES string of the molecule is CCCOc1cccc(CCNC(=NCc2ccccc2)NCc2nnc(C)n2C)c1. The third-order valence-corrected chi connectivity index (χ3v) is 4.94. The average Bonchev–Trinajstić information content (AvgIpc) is 3.12. The standard InChI is InChI=1S/C24H32N6O/c1-4-15-31-22-12-8-11-20(16-22)13-14-25-24(26-17-21-9-6-5-7-10-21)27-18-23-29-28-19(2)30(23)3/h5-12,16H,4,13-15,17-18H2,1-3H3,(H2,25,26,27). The number of benzene rings is 2. The Morgan fingerprint density at radius 1 is 1.03 bits per heavy atom. The molecule has 0 aliphatic heterocycles. The molecule has 0 amide bonds. The van der Waals surface area contributed by atoms with Crippen molar-refractivity contribution in [2.75, 3.05) is 13.2 Å². The Labute approximate surface area is 184 Å². The van der Waals surface area contributed by atoms with Gasteiger partial charge in [0.15, 0.2) is 11.8 Å². The van der Waals surface area contributed by atoms with Gasteiger partial charge in [-0.15, -0.1) is 10.2 Å². The molecule has 3 aromatic rings. The third-order valence-electron chi connectivity index (χ3n) is 4.94. The Kier molecular flexibility index (Phi) is 8.46. The molecule has 164 valence electrons. The molecule has 0 aliphatic rings. The first-order valence-electron chi connectivity index (χ1n) is 10.8. The fourth-order valence-corrected chi connectivity index (χ4v) is 3.03. The van der Waals surface area contributed by atoms with E-state index in [1.807, 2.05) is 48.9 Å². The molecule has 0 spiro atoms. The highest BCUT2D eigenvalue weighted by molar-refractivity contribution is 5.79. The van der Waals surface area contributed by atoms with Gasteiger partial charge in [0, 0.05) is 13.6 Å². The van der Waals surface area contributed by atoms with E-state index in [4.69, 9.17) is 9.73 Å². The van der Waals surface area contributed by atoms with Gasteiger partial charge in [0.05, 0.1) is 19.7 Å². The van der Waals surface area contributed by atoms with E-state index in [0.717, 1.165) is 49.4 Å². The van der Waals surface area contributed by atoms with Crippen molar-refractivity contribution in [3.63, 3.8) is 0 Å². The minimum atomic E-state index is 0.554. The monoisotopic (exact) mass is 420 g/mol. The summed E-state index contributed by atoms with van der Waals surface area (Å²) in [5.41, 5.74) is 2.39. The summed E-state index contributed by atoms with van der Waals surface area (Å²) in [6.07, 6.45) is 1.88. The van der Waals surface area contributed by atoms with Crippen molar-refractivity contribution < 1.29 is 4.74 Å². The van der Waals surface area contributed by atoms with Crippen LogP contribution in [0.25, 0.3) is 0 Å². The number of hydrogen-bond acceptors (Lipinski definition) is 4. The van der Waals surface area contributed by atoms with Crippen LogP contribution in [0.2, 0.25) is 0 Å². The molecule has 2 aromatic carbocycles. The molecule has 0 unspecified atom stereocenters. The summed E-state index contributed by atoms with van der Waals surface area (Å²) >= 11 is 0. The number of aliphatic imine (C=N–C) groups is 1. The first-order chi connectivity index (χ1) is 15.2. The van der Waals surface area contributed by atoms with Gasteiger partial charge >= 0.3 is 0 Å². The van der Waals surface area contributed by atoms with Crippen molar-refractivity contribution >= 4 is 5.96 Å². The van der Waals surface area contributed by atoms with E-state index in [-0.39, 0.29) is 0 Å². The summed E-state index contributed by atoms with van der Waals surface area (Å²) in [5.74, 6) is 3.43. The number of aromatic nitrogens is 3. The van der Waals surface area contributed by atoms with Crippen molar-refractivity contribution in [1.82, 2.24) is 25.4 Å². The lowest BCUT2D eigenvalue weighted by Crippen LogP contribution is -2.38. The number of guanidine groups is 1. The molecule has 31 heavy (non-hydrogen) atoms. The van der Waals surface area contributed by atoms with Gasteiger partial charge < -0.3 is 19.9 Å². The molecule has 7 nitrogen and oxygen atoms in total. The fraction of sp³-hybridized carbons (Fsp3) is 0.375. The van der Waals surface area contributed by atoms with Gasteiger partial charge in [-0.3, -0.25) is 0 Å². The van der Waals surface area contributed by atoms with Crippen LogP contribution in [-0.2, 0) is 26.6 Å². The van der Waals surface area contributed by atoms with E-state index in [1.54, 1.807) is 0 Å². The first-order valence-corrected chi connectivity index (χ1v) is 10.8. The number of rotatable bonds is 10. The van der Waals surface area contributed by atoms with Crippen LogP contribution in [0.5, 0.6) is 5.75 Å². The van der Waals surface area contributed by atoms with Gasteiger partial charge in [0.2, 0.25) is 0 Å². The minimum Gasteiger partial charge on any atom is -0.494 e. The summed E-state index contributed by atoms with van der Waals surface area (Å²) in [7, 11) is 1.97. The summed E-state index contributed by atoms with van der Waals surface area (Å²) in [6, 6.07) is 18.5. The van der Waals surface area contributed by atoms with Crippen molar-refractivity contribution in [3.05, 3.63) is 77.4 Å². The number of hydrogen-bond donors (Lipinski definition) is 2. The van der Waals surface area contributed by atoms with E-state index >= 15 is 0 Å². The molecule has 0 aliphatic carbocycles. The molecule has 2 N–H and O–H groups in total. The molecule has 7 heteroatoms. The molecule has 0 radical (unpaired) electrons. The maximum atomic E-state index is 5.74. The zero-order chi connectivity index (χ0) is 21.9. The highest BCUT2D eigenvalue weighted by Gasteiger charge is 2.07. The number of nitrogens with zero attached hydrogens (tertiary/aromatic N) is 4. The summed E-state index contributed by atoms with van der Waals surface area (Å²) in [5, 5.41) is 15.2. The lowest BCUT2D eigenvalue weighted by Gasteiger charge is -2.13. The second kappa shape index (κ2) is 11.7. The van der Waals surface area contributed by atoms with Gasteiger partial charge in [-0.2, -0.15) is 0 Å². The van der Waals surface area contributed by atoms with Crippen molar-refractivity contribution in [2.45, 2.75) is 39.8 Å². The first kappa shape index (κ1) is 22.3. The Morgan fingerprint density at radius 2 is 1.84 bits per heavy atom. The van der Waals surface area contributed by atoms with Crippen LogP contribution in [-0.4, -0.2) is 33.9 Å². The quantitative estimate of drug-likeness (QED) is 0.388. The second-order valence-corrected chi connectivity index (χ2v) is 7.40. The normalized spacial score (nSPS) is 11.4. The molecule has 0 bridgehead atoms. The number of ether oxygens (including phenoxy) is 1. The average molecular weight is 421 g/mol. The van der Waals surface area contributed by atoms with Crippen LogP contribution >= 0.6 is 0 Å². The molecule has 1 heterocycles. The molecule has 1 aromatic heterocycles. The third kappa shape index (κ3) is 7.13. The van der Waals surface area contributed by atoms with Gasteiger partial charge in [-0.05, 0) is 43.0 Å². The fourth-order valence-electron chi connectivity index (χ4n) is 3.03. The Bertz CT molecular complexity index is 967. The zero-order valence-electron chi connectivity index (χ0n) is 18.6. The van der Waals surface area contributed by atoms with Crippen LogP contribution < -0.4 is 15.4 Å². The topological polar surface area (TPSA) is 76.4 Å². The van der Waals surface area contributed by atoms with Crippen LogP contribution in [0.15, 0.2) is 59.6 Å². The Morgan fingerprint density at radius 3 is 2.58 bits per heavy atom. The van der Waals surface area contributed by atoms with Crippen LogP contribution in [0.4, 0.5) is 0 Å². The maximum absolute atomic E-state index is 5.74. The number of aryl methyl sites for hydroxylation is 1. The smallest absolute Gasteiger partial charge is 0.191 e. The molecule has 0 saturated carbocycles. The predicted molar refractivity (Wildman–Crippen MR) is 124 cm³/mol. The summed E-state index contributed by atoms with van der Waals surface area (Å²) in [4.78, 5) is 4.75. The maximum Gasteiger partial charge on any atom is 0.191 e. The van der Waals surface area contributed by atoms with Gasteiger partial charge in [-0.25, -0.2) is 4.99 Å². The number of nitrogens with one attached hydrogen (secondary N) is 2. The van der Waals surface area contributed by atoms with Gasteiger partial charge in [0.1, 0.15) is 11.6 Å². The molecule has 3 rings (SSSR count). The lowest BCUT2D eigenvalue weighted by molar-refractivity contribution is 0.317. The van der Waals surface area contributed by atoms with Gasteiger partial charge in [-0.1, -0.05) is 49.4 Å². The largest absolute Gasteiger partial charge is 0.494 e. The summed E-state index contributed by atoms with van der Waals surface area (Å²) in [6.45, 7) is 6.71. The highest BCUT2D eigenvalue weighted by atomic mass is 16.5. The van der Waals surface area contributed by atoms with E-state index in [2.05, 4.69) is 52.0 Å². The predicted octanol–water partition coefficient (Wildman–Crippen LogP) is 3.39. The zero-order valence-corrected chi connectivity index (χ0v) is 18.6. The Hall–Kier alpha value is -3.35. The van der Waals surface area contributed by atoms with Crippen LogP contribution in [0.3, 0.4) is 0 Å². The van der Waals surface area contributed by atoms with E-state index in [1.165, 1.54) is 11.1 Å². The molecular weight excluding hydrogens is 388 g/mol. The molecule has 0 atom stereocenters. The molecule has 0 fully saturated rings. The van der Waals surface area contributed by atoms with Gasteiger partial charge in [0.25, 0.3) is 0 Å². The van der Waals surface area contributed by atoms with E-state index in [0.29, 0.717) is 13.1 Å².